The summed E-state index contributed by atoms with van der Waals surface area (Å²) >= 11 is 0. The van der Waals surface area contributed by atoms with Gasteiger partial charge in [0.15, 0.2) is 0 Å². The maximum atomic E-state index is 5.27. The van der Waals surface area contributed by atoms with Gasteiger partial charge in [0.25, 0.3) is 0 Å². The average molecular weight is 224 g/mol. The van der Waals surface area contributed by atoms with Crippen LogP contribution in [0.5, 0.6) is 0 Å². The maximum absolute atomic E-state index is 5.27. The Morgan fingerprint density at radius 1 is 1.44 bits per heavy atom. The van der Waals surface area contributed by atoms with Crippen LogP contribution in [0.3, 0.4) is 0 Å². The van der Waals surface area contributed by atoms with Crippen molar-refractivity contribution in [3.63, 3.8) is 0 Å². The van der Waals surface area contributed by atoms with Crippen LogP contribution in [0.2, 0.25) is 0 Å². The normalized spacial score (nSPS) is 14.7. The van der Waals surface area contributed by atoms with Crippen LogP contribution in [-0.2, 0) is 9.47 Å². The first-order valence-corrected chi connectivity index (χ1v) is 5.43. The van der Waals surface area contributed by atoms with Gasteiger partial charge in [0.05, 0.1) is 12.7 Å². The Labute approximate surface area is 97.0 Å². The number of hydrogen-bond donors (Lipinski definition) is 1. The van der Waals surface area contributed by atoms with Gasteiger partial charge in [-0.25, -0.2) is 0 Å². The van der Waals surface area contributed by atoms with E-state index in [1.165, 1.54) is 5.56 Å². The number of rotatable bonds is 7. The number of pyridine rings is 1. The highest BCUT2D eigenvalue weighted by Crippen LogP contribution is 2.09. The molecule has 16 heavy (non-hydrogen) atoms. The van der Waals surface area contributed by atoms with E-state index in [9.17, 15) is 0 Å². The lowest BCUT2D eigenvalue weighted by Gasteiger charge is -2.19. The summed E-state index contributed by atoms with van der Waals surface area (Å²) in [7, 11) is 3.37. The molecule has 0 aliphatic rings. The van der Waals surface area contributed by atoms with Crippen LogP contribution in [-0.4, -0.2) is 38.5 Å². The molecule has 4 heteroatoms. The Kier molecular flexibility index (Phi) is 6.00. The Morgan fingerprint density at radius 3 is 2.81 bits per heavy atom. The molecule has 0 aromatic carbocycles. The minimum atomic E-state index is 0.0871. The third-order valence-corrected chi connectivity index (χ3v) is 2.52. The first kappa shape index (κ1) is 13.1. The van der Waals surface area contributed by atoms with Gasteiger partial charge >= 0.3 is 0 Å². The smallest absolute Gasteiger partial charge is 0.0928 e. The summed E-state index contributed by atoms with van der Waals surface area (Å²) in [5.74, 6) is 0. The van der Waals surface area contributed by atoms with Crippen LogP contribution in [0.4, 0.5) is 0 Å². The second kappa shape index (κ2) is 7.33. The van der Waals surface area contributed by atoms with E-state index in [0.29, 0.717) is 6.61 Å². The Bertz CT molecular complexity index is 280. The highest BCUT2D eigenvalue weighted by atomic mass is 16.5. The van der Waals surface area contributed by atoms with Crippen LogP contribution < -0.4 is 5.32 Å². The van der Waals surface area contributed by atoms with Gasteiger partial charge in [-0.2, -0.15) is 0 Å². The third-order valence-electron chi connectivity index (χ3n) is 2.52. The van der Waals surface area contributed by atoms with Crippen LogP contribution in [0.15, 0.2) is 24.5 Å². The molecular weight excluding hydrogens is 204 g/mol. The van der Waals surface area contributed by atoms with E-state index in [2.05, 4.69) is 23.3 Å². The lowest BCUT2D eigenvalue weighted by Crippen LogP contribution is -2.33. The van der Waals surface area contributed by atoms with E-state index in [-0.39, 0.29) is 12.1 Å². The quantitative estimate of drug-likeness (QED) is 0.760. The van der Waals surface area contributed by atoms with Crippen LogP contribution in [0.1, 0.15) is 18.5 Å². The molecule has 0 fully saturated rings. The molecule has 0 radical (unpaired) electrons. The summed E-state index contributed by atoms with van der Waals surface area (Å²) in [6, 6.07) is 4.27. The van der Waals surface area contributed by atoms with Crippen molar-refractivity contribution in [2.24, 2.45) is 0 Å². The van der Waals surface area contributed by atoms with Crippen molar-refractivity contribution in [3.8, 4) is 0 Å². The van der Waals surface area contributed by atoms with Crippen molar-refractivity contribution in [3.05, 3.63) is 30.1 Å². The second-order valence-corrected chi connectivity index (χ2v) is 3.73. The largest absolute Gasteiger partial charge is 0.382 e. The summed E-state index contributed by atoms with van der Waals surface area (Å²) in [5, 5.41) is 3.39. The molecule has 0 aliphatic carbocycles. The van der Waals surface area contributed by atoms with Gasteiger partial charge in [-0.15, -0.1) is 0 Å². The Balaban J connectivity index is 2.37. The molecule has 90 valence electrons. The molecule has 0 saturated heterocycles. The summed E-state index contributed by atoms with van der Waals surface area (Å²) in [6.07, 6.45) is 3.73. The first-order valence-electron chi connectivity index (χ1n) is 5.43. The number of nitrogens with zero attached hydrogens (tertiary/aromatic N) is 1. The van der Waals surface area contributed by atoms with Gasteiger partial charge in [0.2, 0.25) is 0 Å². The number of hydrogen-bond acceptors (Lipinski definition) is 4. The Hall–Kier alpha value is -0.970. The molecule has 0 bridgehead atoms. The fourth-order valence-electron chi connectivity index (χ4n) is 1.45. The molecule has 1 rings (SSSR count). The van der Waals surface area contributed by atoms with Gasteiger partial charge in [0, 0.05) is 39.2 Å². The average Bonchev–Trinajstić information content (AvgIpc) is 2.35. The van der Waals surface area contributed by atoms with Gasteiger partial charge < -0.3 is 14.8 Å². The zero-order valence-corrected chi connectivity index (χ0v) is 10.1. The highest BCUT2D eigenvalue weighted by Gasteiger charge is 2.10. The fourth-order valence-corrected chi connectivity index (χ4v) is 1.45. The zero-order chi connectivity index (χ0) is 11.8. The van der Waals surface area contributed by atoms with E-state index in [4.69, 9.17) is 9.47 Å². The fraction of sp³-hybridized carbons (Fsp3) is 0.583. The summed E-state index contributed by atoms with van der Waals surface area (Å²) in [4.78, 5) is 4.09. The molecule has 0 saturated carbocycles. The van der Waals surface area contributed by atoms with Crippen molar-refractivity contribution < 1.29 is 9.47 Å². The topological polar surface area (TPSA) is 43.4 Å². The van der Waals surface area contributed by atoms with Crippen molar-refractivity contribution in [2.45, 2.75) is 19.1 Å². The van der Waals surface area contributed by atoms with Crippen molar-refractivity contribution in [1.82, 2.24) is 10.3 Å². The molecule has 1 aromatic rings. The molecule has 0 spiro atoms. The van der Waals surface area contributed by atoms with Gasteiger partial charge in [-0.1, -0.05) is 6.07 Å². The number of aromatic nitrogens is 1. The predicted octanol–water partition coefficient (Wildman–Crippen LogP) is 1.39. The first-order chi connectivity index (χ1) is 7.77. The van der Waals surface area contributed by atoms with Crippen molar-refractivity contribution in [1.29, 1.82) is 0 Å². The van der Waals surface area contributed by atoms with Gasteiger partial charge in [-0.05, 0) is 18.6 Å². The number of nitrogens with one attached hydrogen (secondary N) is 1. The lowest BCUT2D eigenvalue weighted by molar-refractivity contribution is 0.0276. The van der Waals surface area contributed by atoms with Crippen molar-refractivity contribution >= 4 is 0 Å². The summed E-state index contributed by atoms with van der Waals surface area (Å²) < 4.78 is 10.3. The molecule has 1 N–H and O–H groups in total. The molecule has 0 amide bonds. The second-order valence-electron chi connectivity index (χ2n) is 3.73. The van der Waals surface area contributed by atoms with E-state index in [1.807, 2.05) is 12.3 Å². The van der Waals surface area contributed by atoms with Crippen LogP contribution in [0, 0.1) is 0 Å². The lowest BCUT2D eigenvalue weighted by atomic mass is 10.1. The molecule has 1 aromatic heterocycles. The molecule has 4 nitrogen and oxygen atoms in total. The SMILES string of the molecule is COCC(CNC(C)c1cccnc1)OC. The predicted molar refractivity (Wildman–Crippen MR) is 63.3 cm³/mol. The monoisotopic (exact) mass is 224 g/mol. The zero-order valence-electron chi connectivity index (χ0n) is 10.1. The summed E-state index contributed by atoms with van der Waals surface area (Å²) in [5.41, 5.74) is 1.18. The number of methoxy groups -OCH3 is 2. The minimum Gasteiger partial charge on any atom is -0.382 e. The third kappa shape index (κ3) is 4.26. The van der Waals surface area contributed by atoms with Gasteiger partial charge in [-0.3, -0.25) is 4.98 Å². The molecule has 1 heterocycles. The van der Waals surface area contributed by atoms with Crippen LogP contribution >= 0.6 is 0 Å². The van der Waals surface area contributed by atoms with Crippen LogP contribution in [0.25, 0.3) is 0 Å². The maximum Gasteiger partial charge on any atom is 0.0928 e. The van der Waals surface area contributed by atoms with Crippen molar-refractivity contribution in [2.75, 3.05) is 27.4 Å². The molecule has 2 atom stereocenters. The number of ether oxygens (including phenoxy) is 2. The minimum absolute atomic E-state index is 0.0871. The Morgan fingerprint density at radius 2 is 2.25 bits per heavy atom. The standard InChI is InChI=1S/C12H20N2O2/c1-10(11-5-4-6-13-7-11)14-8-12(16-3)9-15-2/h4-7,10,12,14H,8-9H2,1-3H3. The van der Waals surface area contributed by atoms with E-state index in [1.54, 1.807) is 20.4 Å². The molecule has 2 unspecified atom stereocenters. The summed E-state index contributed by atoms with van der Waals surface area (Å²) in [6.45, 7) is 3.47. The highest BCUT2D eigenvalue weighted by molar-refractivity contribution is 5.12. The van der Waals surface area contributed by atoms with Gasteiger partial charge in [0.1, 0.15) is 0 Å². The van der Waals surface area contributed by atoms with E-state index < -0.39 is 0 Å². The molecule has 0 aliphatic heterocycles. The van der Waals surface area contributed by atoms with E-state index >= 15 is 0 Å². The molecular formula is C12H20N2O2. The van der Waals surface area contributed by atoms with E-state index in [0.717, 1.165) is 6.54 Å².